The van der Waals surface area contributed by atoms with Crippen LogP contribution in [0, 0.1) is 5.92 Å². The van der Waals surface area contributed by atoms with Crippen molar-refractivity contribution in [1.82, 2.24) is 9.80 Å². The van der Waals surface area contributed by atoms with Crippen LogP contribution in [-0.4, -0.2) is 59.0 Å². The van der Waals surface area contributed by atoms with E-state index >= 15 is 0 Å². The zero-order chi connectivity index (χ0) is 16.7. The van der Waals surface area contributed by atoms with E-state index in [4.69, 9.17) is 5.11 Å². The molecule has 1 aliphatic heterocycles. The van der Waals surface area contributed by atoms with Gasteiger partial charge in [-0.3, -0.25) is 14.5 Å². The van der Waals surface area contributed by atoms with Crippen molar-refractivity contribution in [2.24, 2.45) is 5.92 Å². The first-order valence-electron chi connectivity index (χ1n) is 9.33. The number of carbonyl (C=O) groups excluding carboxylic acids is 1. The van der Waals surface area contributed by atoms with Crippen LogP contribution in [-0.2, 0) is 9.59 Å². The molecule has 23 heavy (non-hydrogen) atoms. The summed E-state index contributed by atoms with van der Waals surface area (Å²) in [5, 5.41) is 8.97. The number of amides is 1. The van der Waals surface area contributed by atoms with Gasteiger partial charge < -0.3 is 10.0 Å². The van der Waals surface area contributed by atoms with Crippen LogP contribution in [0.3, 0.4) is 0 Å². The second kappa shape index (κ2) is 9.26. The van der Waals surface area contributed by atoms with E-state index in [2.05, 4.69) is 0 Å². The maximum atomic E-state index is 12.4. The Hall–Kier alpha value is -1.10. The number of carboxylic acid groups (broad SMARTS) is 1. The summed E-state index contributed by atoms with van der Waals surface area (Å²) < 4.78 is 0. The lowest BCUT2D eigenvalue weighted by Gasteiger charge is -2.37. The number of hydrogen-bond acceptors (Lipinski definition) is 3. The third-order valence-corrected chi connectivity index (χ3v) is 5.57. The number of aliphatic carboxylic acids is 1. The number of likely N-dealkylation sites (tertiary alicyclic amines) is 1. The smallest absolute Gasteiger partial charge is 0.317 e. The van der Waals surface area contributed by atoms with Crippen molar-refractivity contribution in [3.05, 3.63) is 0 Å². The molecule has 1 heterocycles. The fraction of sp³-hybridized carbons (Fsp3) is 0.889. The van der Waals surface area contributed by atoms with E-state index < -0.39 is 5.97 Å². The van der Waals surface area contributed by atoms with Crippen molar-refractivity contribution in [1.29, 1.82) is 0 Å². The van der Waals surface area contributed by atoms with Crippen molar-refractivity contribution < 1.29 is 14.7 Å². The molecule has 0 atom stereocenters. The molecule has 2 aliphatic rings. The molecule has 1 N–H and O–H groups in total. The van der Waals surface area contributed by atoms with E-state index in [-0.39, 0.29) is 6.54 Å². The molecular weight excluding hydrogens is 292 g/mol. The minimum Gasteiger partial charge on any atom is -0.480 e. The predicted molar refractivity (Wildman–Crippen MR) is 90.3 cm³/mol. The summed E-state index contributed by atoms with van der Waals surface area (Å²) in [7, 11) is 0. The standard InChI is InChI=1S/C18H32N2O3/c1-2-19(14-18(22)23)16-10-12-20(13-11-16)17(21)9-8-15-6-4-3-5-7-15/h15-16H,2-14H2,1H3,(H,22,23). The summed E-state index contributed by atoms with van der Waals surface area (Å²) in [6.07, 6.45) is 10.2. The number of nitrogens with zero attached hydrogens (tertiary/aromatic N) is 2. The average Bonchev–Trinajstić information content (AvgIpc) is 2.58. The summed E-state index contributed by atoms with van der Waals surface area (Å²) >= 11 is 0. The van der Waals surface area contributed by atoms with Gasteiger partial charge in [0.2, 0.25) is 5.91 Å². The maximum absolute atomic E-state index is 12.4. The van der Waals surface area contributed by atoms with Gasteiger partial charge in [0.15, 0.2) is 0 Å². The zero-order valence-corrected chi connectivity index (χ0v) is 14.5. The minimum atomic E-state index is -0.766. The normalized spacial score (nSPS) is 20.9. The quantitative estimate of drug-likeness (QED) is 0.782. The molecule has 0 aromatic heterocycles. The van der Waals surface area contributed by atoms with Gasteiger partial charge in [0, 0.05) is 25.6 Å². The highest BCUT2D eigenvalue weighted by molar-refractivity contribution is 5.76. The second-order valence-corrected chi connectivity index (χ2v) is 7.11. The van der Waals surface area contributed by atoms with E-state index in [1.54, 1.807) is 0 Å². The molecule has 0 aromatic rings. The van der Waals surface area contributed by atoms with Crippen LogP contribution < -0.4 is 0 Å². The number of rotatable bonds is 7. The van der Waals surface area contributed by atoms with Crippen molar-refractivity contribution in [2.75, 3.05) is 26.2 Å². The summed E-state index contributed by atoms with van der Waals surface area (Å²) in [6, 6.07) is 0.304. The summed E-state index contributed by atoms with van der Waals surface area (Å²) in [4.78, 5) is 27.3. The van der Waals surface area contributed by atoms with Gasteiger partial charge in [-0.05, 0) is 31.7 Å². The number of hydrogen-bond donors (Lipinski definition) is 1. The van der Waals surface area contributed by atoms with E-state index in [9.17, 15) is 9.59 Å². The Morgan fingerprint density at radius 2 is 1.74 bits per heavy atom. The van der Waals surface area contributed by atoms with Crippen molar-refractivity contribution in [3.8, 4) is 0 Å². The Balaban J connectivity index is 1.70. The lowest BCUT2D eigenvalue weighted by atomic mass is 9.86. The van der Waals surface area contributed by atoms with E-state index in [0.29, 0.717) is 18.4 Å². The van der Waals surface area contributed by atoms with Gasteiger partial charge in [0.05, 0.1) is 6.54 Å². The molecule has 0 bridgehead atoms. The van der Waals surface area contributed by atoms with Crippen molar-refractivity contribution >= 4 is 11.9 Å². The van der Waals surface area contributed by atoms with Gasteiger partial charge in [-0.1, -0.05) is 39.0 Å². The van der Waals surface area contributed by atoms with Crippen LogP contribution in [0.2, 0.25) is 0 Å². The molecule has 2 rings (SSSR count). The third kappa shape index (κ3) is 5.79. The first kappa shape index (κ1) is 18.2. The molecule has 1 aliphatic carbocycles. The van der Waals surface area contributed by atoms with Gasteiger partial charge in [0.1, 0.15) is 0 Å². The van der Waals surface area contributed by atoms with Crippen LogP contribution in [0.25, 0.3) is 0 Å². The van der Waals surface area contributed by atoms with Crippen molar-refractivity contribution in [3.63, 3.8) is 0 Å². The Bertz CT molecular complexity index is 386. The van der Waals surface area contributed by atoms with Crippen LogP contribution in [0.4, 0.5) is 0 Å². The molecule has 1 amide bonds. The average molecular weight is 324 g/mol. The molecule has 2 fully saturated rings. The number of piperidine rings is 1. The maximum Gasteiger partial charge on any atom is 0.317 e. The summed E-state index contributed by atoms with van der Waals surface area (Å²) in [5.74, 6) is 0.296. The second-order valence-electron chi connectivity index (χ2n) is 7.11. The molecule has 0 aromatic carbocycles. The highest BCUT2D eigenvalue weighted by atomic mass is 16.4. The van der Waals surface area contributed by atoms with Crippen LogP contribution >= 0.6 is 0 Å². The topological polar surface area (TPSA) is 60.9 Å². The summed E-state index contributed by atoms with van der Waals surface area (Å²) in [5.41, 5.74) is 0. The minimum absolute atomic E-state index is 0.108. The largest absolute Gasteiger partial charge is 0.480 e. The molecule has 132 valence electrons. The Kier molecular flexibility index (Phi) is 7.34. The first-order valence-corrected chi connectivity index (χ1v) is 9.33. The molecule has 0 radical (unpaired) electrons. The van der Waals surface area contributed by atoms with Gasteiger partial charge in [0.25, 0.3) is 0 Å². The Labute approximate surface area is 140 Å². The highest BCUT2D eigenvalue weighted by Gasteiger charge is 2.27. The zero-order valence-electron chi connectivity index (χ0n) is 14.5. The molecule has 5 heteroatoms. The fourth-order valence-electron chi connectivity index (χ4n) is 4.11. The fourth-order valence-corrected chi connectivity index (χ4v) is 4.11. The van der Waals surface area contributed by atoms with Gasteiger partial charge in [-0.2, -0.15) is 0 Å². The third-order valence-electron chi connectivity index (χ3n) is 5.57. The number of likely N-dealkylation sites (N-methyl/N-ethyl adjacent to an activating group) is 1. The van der Waals surface area contributed by atoms with E-state index in [1.165, 1.54) is 32.1 Å². The first-order chi connectivity index (χ1) is 11.1. The molecule has 0 unspecified atom stereocenters. The Morgan fingerprint density at radius 3 is 2.30 bits per heavy atom. The molecular formula is C18H32N2O3. The molecule has 0 spiro atoms. The molecule has 1 saturated carbocycles. The van der Waals surface area contributed by atoms with Gasteiger partial charge in [-0.25, -0.2) is 0 Å². The lowest BCUT2D eigenvalue weighted by molar-refractivity contribution is -0.140. The number of carboxylic acids is 1. The van der Waals surface area contributed by atoms with Crippen LogP contribution in [0.15, 0.2) is 0 Å². The van der Waals surface area contributed by atoms with Crippen LogP contribution in [0.5, 0.6) is 0 Å². The number of carbonyl (C=O) groups is 2. The van der Waals surface area contributed by atoms with Gasteiger partial charge >= 0.3 is 5.97 Å². The summed E-state index contributed by atoms with van der Waals surface area (Å²) in [6.45, 7) is 4.43. The lowest BCUT2D eigenvalue weighted by Crippen LogP contribution is -2.48. The van der Waals surface area contributed by atoms with E-state index in [1.807, 2.05) is 16.7 Å². The highest BCUT2D eigenvalue weighted by Crippen LogP contribution is 2.28. The Morgan fingerprint density at radius 1 is 1.09 bits per heavy atom. The van der Waals surface area contributed by atoms with Gasteiger partial charge in [-0.15, -0.1) is 0 Å². The predicted octanol–water partition coefficient (Wildman–Crippen LogP) is 2.74. The molecule has 5 nitrogen and oxygen atoms in total. The van der Waals surface area contributed by atoms with Crippen LogP contribution in [0.1, 0.15) is 64.7 Å². The van der Waals surface area contributed by atoms with Crippen molar-refractivity contribution in [2.45, 2.75) is 70.8 Å². The monoisotopic (exact) mass is 324 g/mol. The SMILES string of the molecule is CCN(CC(=O)O)C1CCN(C(=O)CCC2CCCCC2)CC1. The molecule has 1 saturated heterocycles. The van der Waals surface area contributed by atoms with E-state index in [0.717, 1.165) is 44.8 Å².